The SMILES string of the molecule is NC(=O)c1ccc(NCCC2CCN(C(=O)OC(C(F)(F)F)C(F)(F)F)CC2)nc1. The van der Waals surface area contributed by atoms with E-state index in [1.807, 2.05) is 0 Å². The zero-order valence-corrected chi connectivity index (χ0v) is 15.6. The number of carbonyl (C=O) groups excluding carboxylic acids is 2. The van der Waals surface area contributed by atoms with Crippen LogP contribution in [-0.2, 0) is 4.74 Å². The number of nitrogens with one attached hydrogen (secondary N) is 1. The van der Waals surface area contributed by atoms with Crippen molar-refractivity contribution in [2.45, 2.75) is 37.7 Å². The lowest BCUT2D eigenvalue weighted by Gasteiger charge is -2.33. The Morgan fingerprint density at radius 1 is 1.17 bits per heavy atom. The molecule has 30 heavy (non-hydrogen) atoms. The molecule has 1 aliphatic rings. The molecule has 2 amide bonds. The topological polar surface area (TPSA) is 97.6 Å². The van der Waals surface area contributed by atoms with Crippen LogP contribution in [0.2, 0.25) is 0 Å². The Balaban J connectivity index is 1.76. The Bertz CT molecular complexity index is 716. The van der Waals surface area contributed by atoms with E-state index in [1.165, 1.54) is 12.3 Å². The van der Waals surface area contributed by atoms with Gasteiger partial charge in [-0.2, -0.15) is 26.3 Å². The summed E-state index contributed by atoms with van der Waals surface area (Å²) in [4.78, 5) is 27.6. The van der Waals surface area contributed by atoms with Gasteiger partial charge in [-0.3, -0.25) is 4.79 Å². The quantitative estimate of drug-likeness (QED) is 0.659. The number of primary amides is 1. The number of rotatable bonds is 6. The van der Waals surface area contributed by atoms with E-state index in [9.17, 15) is 35.9 Å². The first-order valence-electron chi connectivity index (χ1n) is 8.96. The molecule has 168 valence electrons. The highest BCUT2D eigenvalue weighted by Crippen LogP contribution is 2.36. The molecule has 3 N–H and O–H groups in total. The van der Waals surface area contributed by atoms with Crippen LogP contribution in [-0.4, -0.2) is 60.0 Å². The second kappa shape index (κ2) is 9.39. The minimum absolute atomic E-state index is 0.00249. The molecule has 0 unspecified atom stereocenters. The van der Waals surface area contributed by atoms with Crippen molar-refractivity contribution < 1.29 is 40.7 Å². The van der Waals surface area contributed by atoms with E-state index >= 15 is 0 Å². The lowest BCUT2D eigenvalue weighted by molar-refractivity contribution is -0.308. The lowest BCUT2D eigenvalue weighted by atomic mass is 9.94. The first kappa shape index (κ1) is 23.5. The Morgan fingerprint density at radius 3 is 2.23 bits per heavy atom. The maximum atomic E-state index is 12.5. The van der Waals surface area contributed by atoms with Crippen LogP contribution in [0.5, 0.6) is 0 Å². The van der Waals surface area contributed by atoms with Gasteiger partial charge in [-0.25, -0.2) is 9.78 Å². The van der Waals surface area contributed by atoms with Crippen molar-refractivity contribution in [1.82, 2.24) is 9.88 Å². The summed E-state index contributed by atoms with van der Waals surface area (Å²) in [7, 11) is 0. The minimum Gasteiger partial charge on any atom is -0.426 e. The molecule has 0 bridgehead atoms. The van der Waals surface area contributed by atoms with Crippen LogP contribution in [0.4, 0.5) is 37.0 Å². The average molecular weight is 442 g/mol. The van der Waals surface area contributed by atoms with Crippen LogP contribution in [0, 0.1) is 5.92 Å². The van der Waals surface area contributed by atoms with E-state index in [-0.39, 0.29) is 24.6 Å². The van der Waals surface area contributed by atoms with Gasteiger partial charge in [0.05, 0.1) is 5.56 Å². The summed E-state index contributed by atoms with van der Waals surface area (Å²) >= 11 is 0. The van der Waals surface area contributed by atoms with Crippen molar-refractivity contribution in [3.05, 3.63) is 23.9 Å². The van der Waals surface area contributed by atoms with Gasteiger partial charge in [0.25, 0.3) is 6.10 Å². The maximum absolute atomic E-state index is 12.5. The summed E-state index contributed by atoms with van der Waals surface area (Å²) in [5.41, 5.74) is 5.38. The predicted molar refractivity (Wildman–Crippen MR) is 92.5 cm³/mol. The van der Waals surface area contributed by atoms with E-state index in [0.29, 0.717) is 31.6 Å². The second-order valence-electron chi connectivity index (χ2n) is 6.79. The van der Waals surface area contributed by atoms with Gasteiger partial charge in [0.15, 0.2) is 0 Å². The first-order chi connectivity index (χ1) is 13.9. The van der Waals surface area contributed by atoms with E-state index in [2.05, 4.69) is 15.0 Å². The van der Waals surface area contributed by atoms with Crippen LogP contribution < -0.4 is 11.1 Å². The average Bonchev–Trinajstić information content (AvgIpc) is 2.65. The number of nitrogens with zero attached hydrogens (tertiary/aromatic N) is 2. The van der Waals surface area contributed by atoms with Crippen molar-refractivity contribution >= 4 is 17.8 Å². The highest BCUT2D eigenvalue weighted by molar-refractivity contribution is 5.92. The number of hydrogen-bond donors (Lipinski definition) is 2. The number of likely N-dealkylation sites (tertiary alicyclic amines) is 1. The highest BCUT2D eigenvalue weighted by atomic mass is 19.4. The van der Waals surface area contributed by atoms with Crippen molar-refractivity contribution in [2.24, 2.45) is 11.7 Å². The summed E-state index contributed by atoms with van der Waals surface area (Å²) in [6.07, 6.45) is -14.5. The predicted octanol–water partition coefficient (Wildman–Crippen LogP) is 3.32. The number of carbonyl (C=O) groups is 2. The monoisotopic (exact) mass is 442 g/mol. The van der Waals surface area contributed by atoms with Gasteiger partial charge >= 0.3 is 18.4 Å². The fraction of sp³-hybridized carbons (Fsp3) is 0.588. The van der Waals surface area contributed by atoms with E-state index in [1.54, 1.807) is 6.07 Å². The first-order valence-corrected chi connectivity index (χ1v) is 8.96. The molecule has 0 spiro atoms. The van der Waals surface area contributed by atoms with E-state index in [0.717, 1.165) is 4.90 Å². The third kappa shape index (κ3) is 6.66. The second-order valence-corrected chi connectivity index (χ2v) is 6.79. The molecule has 2 heterocycles. The zero-order valence-electron chi connectivity index (χ0n) is 15.6. The molecule has 1 aromatic rings. The molecule has 1 aliphatic heterocycles. The third-order valence-corrected chi connectivity index (χ3v) is 4.59. The van der Waals surface area contributed by atoms with Crippen LogP contribution in [0.25, 0.3) is 0 Å². The molecule has 13 heteroatoms. The number of piperidine rings is 1. The lowest BCUT2D eigenvalue weighted by Crippen LogP contribution is -2.49. The van der Waals surface area contributed by atoms with E-state index < -0.39 is 30.5 Å². The number of ether oxygens (including phenoxy) is 1. The highest BCUT2D eigenvalue weighted by Gasteiger charge is 2.60. The molecule has 1 fully saturated rings. The van der Waals surface area contributed by atoms with Gasteiger partial charge in [0, 0.05) is 25.8 Å². The fourth-order valence-corrected chi connectivity index (χ4v) is 2.95. The van der Waals surface area contributed by atoms with Crippen molar-refractivity contribution in [2.75, 3.05) is 25.0 Å². The van der Waals surface area contributed by atoms with Crippen LogP contribution in [0.15, 0.2) is 18.3 Å². The molecule has 0 saturated carbocycles. The maximum Gasteiger partial charge on any atom is 0.434 e. The summed E-state index contributed by atoms with van der Waals surface area (Å²) < 4.78 is 78.7. The number of nitrogens with two attached hydrogens (primary N) is 1. The Kier molecular flexibility index (Phi) is 7.37. The standard InChI is InChI=1S/C17H20F6N4O3/c18-16(19,20)14(17(21,22)23)30-15(29)27-7-4-10(5-8-27)3-6-25-12-2-1-11(9-26-12)13(24)28/h1-2,9-10,14H,3-8H2,(H2,24,28)(H,25,26). The third-order valence-electron chi connectivity index (χ3n) is 4.59. The van der Waals surface area contributed by atoms with Crippen LogP contribution in [0.1, 0.15) is 29.6 Å². The largest absolute Gasteiger partial charge is 0.434 e. The summed E-state index contributed by atoms with van der Waals surface area (Å²) in [5, 5.41) is 3.03. The van der Waals surface area contributed by atoms with Gasteiger partial charge in [-0.1, -0.05) is 0 Å². The molecule has 1 aromatic heterocycles. The van der Waals surface area contributed by atoms with Crippen molar-refractivity contribution in [3.8, 4) is 0 Å². The summed E-state index contributed by atoms with van der Waals surface area (Å²) in [6.45, 7) is 0.497. The molecular weight excluding hydrogens is 422 g/mol. The molecule has 0 aromatic carbocycles. The van der Waals surface area contributed by atoms with Gasteiger partial charge < -0.3 is 20.7 Å². The summed E-state index contributed by atoms with van der Waals surface area (Å²) in [6, 6.07) is 3.09. The fourth-order valence-electron chi connectivity index (χ4n) is 2.95. The van der Waals surface area contributed by atoms with Gasteiger partial charge in [-0.05, 0) is 37.3 Å². The van der Waals surface area contributed by atoms with Crippen LogP contribution in [0.3, 0.4) is 0 Å². The molecule has 0 atom stereocenters. The Labute approximate surface area is 167 Å². The molecule has 0 radical (unpaired) electrons. The smallest absolute Gasteiger partial charge is 0.426 e. The zero-order chi connectivity index (χ0) is 22.5. The molecular formula is C17H20F6N4O3. The Morgan fingerprint density at radius 2 is 1.77 bits per heavy atom. The van der Waals surface area contributed by atoms with Crippen molar-refractivity contribution in [1.29, 1.82) is 0 Å². The number of anilines is 1. The molecule has 7 nitrogen and oxygen atoms in total. The summed E-state index contributed by atoms with van der Waals surface area (Å²) in [5.74, 6) is 0.0370. The number of amides is 2. The number of hydrogen-bond acceptors (Lipinski definition) is 5. The number of halogens is 6. The van der Waals surface area contributed by atoms with Crippen LogP contribution >= 0.6 is 0 Å². The van der Waals surface area contributed by atoms with Gasteiger partial charge in [0.2, 0.25) is 5.91 Å². The van der Waals surface area contributed by atoms with Gasteiger partial charge in [0.1, 0.15) is 5.82 Å². The molecule has 1 saturated heterocycles. The molecule has 2 rings (SSSR count). The van der Waals surface area contributed by atoms with Crippen molar-refractivity contribution in [3.63, 3.8) is 0 Å². The molecule has 0 aliphatic carbocycles. The van der Waals surface area contributed by atoms with Gasteiger partial charge in [-0.15, -0.1) is 0 Å². The number of pyridine rings is 1. The minimum atomic E-state index is -5.73. The number of aromatic nitrogens is 1. The normalized spacial score (nSPS) is 15.9. The Hall–Kier alpha value is -2.73. The van der Waals surface area contributed by atoms with E-state index in [4.69, 9.17) is 5.73 Å². The number of alkyl halides is 6.